The monoisotopic (exact) mass is 324 g/mol. The van der Waals surface area contributed by atoms with Gasteiger partial charge in [0.25, 0.3) is 0 Å². The molecule has 0 bridgehead atoms. The lowest BCUT2D eigenvalue weighted by atomic mass is 10.2. The fourth-order valence-electron chi connectivity index (χ4n) is 2.31. The van der Waals surface area contributed by atoms with Crippen molar-refractivity contribution < 1.29 is 4.80 Å². The van der Waals surface area contributed by atoms with Gasteiger partial charge in [0.05, 0.1) is 0 Å². The van der Waals surface area contributed by atoms with Crippen molar-refractivity contribution in [1.82, 2.24) is 0 Å². The van der Waals surface area contributed by atoms with Crippen LogP contribution < -0.4 is 0 Å². The van der Waals surface area contributed by atoms with Crippen molar-refractivity contribution >= 4 is 8.32 Å². The lowest BCUT2D eigenvalue weighted by Crippen LogP contribution is -2.39. The second-order valence-corrected chi connectivity index (χ2v) is 11.2. The van der Waals surface area contributed by atoms with Gasteiger partial charge in [0.2, 0.25) is 8.32 Å². The third kappa shape index (κ3) is 12.1. The van der Waals surface area contributed by atoms with Crippen LogP contribution >= 0.6 is 0 Å². The maximum Gasteiger partial charge on any atom is 0.217 e. The summed E-state index contributed by atoms with van der Waals surface area (Å²) in [5.41, 5.74) is 2.98. The zero-order valence-corrected chi connectivity index (χ0v) is 17.0. The van der Waals surface area contributed by atoms with Gasteiger partial charge in [-0.05, 0) is 30.3 Å². The van der Waals surface area contributed by atoms with Crippen LogP contribution in [0.1, 0.15) is 92.9 Å². The summed E-state index contributed by atoms with van der Waals surface area (Å²) in [6, 6.07) is 0. The highest BCUT2D eigenvalue weighted by atomic mass is 28.4. The Hall–Kier alpha value is -0.523. The molecule has 0 aromatic heterocycles. The van der Waals surface area contributed by atoms with Crippen LogP contribution in [0.25, 0.3) is 0 Å². The third-order valence-electron chi connectivity index (χ3n) is 4.13. The largest absolute Gasteiger partial charge is 0.427 e. The highest BCUT2D eigenvalue weighted by Gasteiger charge is 2.35. The third-order valence-corrected chi connectivity index (χ3v) is 8.60. The van der Waals surface area contributed by atoms with Crippen molar-refractivity contribution in [3.8, 4) is 12.3 Å². The van der Waals surface area contributed by atoms with E-state index >= 15 is 0 Å². The van der Waals surface area contributed by atoms with Crippen LogP contribution in [-0.2, 0) is 0 Å². The molecule has 1 N–H and O–H groups in total. The first-order chi connectivity index (χ1) is 10.4. The predicted octanol–water partition coefficient (Wildman–Crippen LogP) is 6.62. The molecule has 0 atom stereocenters. The average molecular weight is 325 g/mol. The van der Waals surface area contributed by atoms with E-state index in [1.165, 1.54) is 38.5 Å². The van der Waals surface area contributed by atoms with Crippen LogP contribution in [0.5, 0.6) is 0 Å². The van der Waals surface area contributed by atoms with Gasteiger partial charge in [0.15, 0.2) is 0 Å². The Balaban J connectivity index is 0. The van der Waals surface area contributed by atoms with Crippen LogP contribution in [0.4, 0.5) is 0 Å². The van der Waals surface area contributed by atoms with Crippen LogP contribution in [0.2, 0.25) is 11.1 Å². The van der Waals surface area contributed by atoms with E-state index in [4.69, 9.17) is 6.42 Å². The molecule has 0 heterocycles. The highest BCUT2D eigenvalue weighted by molar-refractivity contribution is 6.79. The second-order valence-electron chi connectivity index (χ2n) is 6.76. The Bertz CT molecular complexity index is 291. The summed E-state index contributed by atoms with van der Waals surface area (Å²) in [5, 5.41) is 0. The van der Waals surface area contributed by atoms with Crippen LogP contribution in [-0.4, -0.2) is 13.1 Å². The molecule has 0 aromatic rings. The van der Waals surface area contributed by atoms with E-state index in [1.54, 1.807) is 0 Å². The van der Waals surface area contributed by atoms with Crippen molar-refractivity contribution in [3.63, 3.8) is 0 Å². The summed E-state index contributed by atoms with van der Waals surface area (Å²) in [7, 11) is -2.14. The predicted molar refractivity (Wildman–Crippen MR) is 104 cm³/mol. The number of terminal acetylenes is 1. The maximum atomic E-state index is 10.6. The Morgan fingerprint density at radius 2 is 1.45 bits per heavy atom. The van der Waals surface area contributed by atoms with Crippen LogP contribution in [0.15, 0.2) is 11.8 Å². The zero-order chi connectivity index (χ0) is 17.4. The van der Waals surface area contributed by atoms with Gasteiger partial charge in [-0.3, -0.25) is 0 Å². The van der Waals surface area contributed by atoms with Gasteiger partial charge in [0.1, 0.15) is 0 Å². The Morgan fingerprint density at radius 3 is 1.86 bits per heavy atom. The topological polar surface area (TPSA) is 20.2 Å². The minimum Gasteiger partial charge on any atom is -0.427 e. The van der Waals surface area contributed by atoms with Crippen molar-refractivity contribution in [3.05, 3.63) is 11.8 Å². The van der Waals surface area contributed by atoms with Gasteiger partial charge in [0, 0.05) is 6.42 Å². The normalized spacial score (nSPS) is 11.6. The molecule has 0 aliphatic carbocycles. The molecule has 1 nitrogen and oxygen atoms in total. The van der Waals surface area contributed by atoms with Gasteiger partial charge < -0.3 is 4.80 Å². The molecule has 0 fully saturated rings. The molecule has 0 saturated heterocycles. The quantitative estimate of drug-likeness (QED) is 0.272. The first kappa shape index (κ1) is 23.7. The number of hydrogen-bond acceptors (Lipinski definition) is 1. The van der Waals surface area contributed by atoms with E-state index in [0.29, 0.717) is 11.1 Å². The van der Waals surface area contributed by atoms with Crippen molar-refractivity contribution in [2.75, 3.05) is 0 Å². The molecule has 130 valence electrons. The number of unbranched alkanes of at least 4 members (excludes halogenated alkanes) is 6. The van der Waals surface area contributed by atoms with Crippen molar-refractivity contribution in [2.24, 2.45) is 0 Å². The van der Waals surface area contributed by atoms with E-state index in [9.17, 15) is 4.80 Å². The van der Waals surface area contributed by atoms with E-state index in [1.807, 2.05) is 0 Å². The van der Waals surface area contributed by atoms with Gasteiger partial charge in [-0.25, -0.2) is 0 Å². The van der Waals surface area contributed by atoms with Crippen LogP contribution in [0.3, 0.4) is 0 Å². The standard InChI is InChI=1S/C13H28OSi.C7H12/c1-6-7-8-9-10-11-15(14,12(2)3)13(4)5;1-3-5-7-6-4-2/h10-14H,6-9H2,1-5H3;1H,4-7H2,2H3/b11-10+;. The molecule has 0 saturated carbocycles. The van der Waals surface area contributed by atoms with Gasteiger partial charge in [-0.15, -0.1) is 12.3 Å². The lowest BCUT2D eigenvalue weighted by molar-refractivity contribution is 0.511. The highest BCUT2D eigenvalue weighted by Crippen LogP contribution is 2.30. The smallest absolute Gasteiger partial charge is 0.217 e. The molecule has 22 heavy (non-hydrogen) atoms. The summed E-state index contributed by atoms with van der Waals surface area (Å²) >= 11 is 0. The lowest BCUT2D eigenvalue weighted by Gasteiger charge is -2.29. The minimum absolute atomic E-state index is 0.417. The summed E-state index contributed by atoms with van der Waals surface area (Å²) in [6.07, 6.45) is 16.9. The molecule has 0 radical (unpaired) electrons. The van der Waals surface area contributed by atoms with Gasteiger partial charge >= 0.3 is 0 Å². The molecular weight excluding hydrogens is 284 g/mol. The number of allylic oxidation sites excluding steroid dienone is 1. The first-order valence-electron chi connectivity index (χ1n) is 9.20. The maximum absolute atomic E-state index is 10.6. The number of rotatable bonds is 10. The molecule has 0 amide bonds. The molecule has 0 aliphatic rings. The molecular formula is C20H40OSi. The first-order valence-corrected chi connectivity index (χ1v) is 11.4. The van der Waals surface area contributed by atoms with E-state index < -0.39 is 8.32 Å². The SMILES string of the molecule is C#CCCCCC.CCCCC/C=C/[Si](O)(C(C)C)C(C)C. The van der Waals surface area contributed by atoms with E-state index in [0.717, 1.165) is 12.8 Å². The summed E-state index contributed by atoms with van der Waals surface area (Å²) in [4.78, 5) is 10.6. The minimum atomic E-state index is -2.14. The summed E-state index contributed by atoms with van der Waals surface area (Å²) in [6.45, 7) is 13.0. The molecule has 0 aliphatic heterocycles. The fraction of sp³-hybridized carbons (Fsp3) is 0.800. The molecule has 0 rings (SSSR count). The average Bonchev–Trinajstić information content (AvgIpc) is 2.47. The molecule has 2 heteroatoms. The fourth-order valence-corrected chi connectivity index (χ4v) is 4.96. The van der Waals surface area contributed by atoms with Crippen molar-refractivity contribution in [2.45, 2.75) is 104 Å². The number of hydrogen-bond donors (Lipinski definition) is 1. The molecule has 0 unspecified atom stereocenters. The van der Waals surface area contributed by atoms with E-state index in [-0.39, 0.29) is 0 Å². The Morgan fingerprint density at radius 1 is 0.955 bits per heavy atom. The zero-order valence-electron chi connectivity index (χ0n) is 16.0. The van der Waals surface area contributed by atoms with E-state index in [2.05, 4.69) is 59.2 Å². The molecule has 0 aromatic carbocycles. The van der Waals surface area contributed by atoms with Gasteiger partial charge in [-0.1, -0.05) is 79.0 Å². The van der Waals surface area contributed by atoms with Gasteiger partial charge in [-0.2, -0.15) is 0 Å². The Kier molecular flexibility index (Phi) is 16.6. The Labute approximate surface area is 141 Å². The second kappa shape index (κ2) is 15.4. The summed E-state index contributed by atoms with van der Waals surface area (Å²) < 4.78 is 0. The molecule has 0 spiro atoms. The van der Waals surface area contributed by atoms with Crippen LogP contribution in [0, 0.1) is 12.3 Å². The van der Waals surface area contributed by atoms with Crippen molar-refractivity contribution in [1.29, 1.82) is 0 Å². The summed E-state index contributed by atoms with van der Waals surface area (Å²) in [5.74, 6) is 2.60.